The highest BCUT2D eigenvalue weighted by Gasteiger charge is 2.25. The molecule has 1 unspecified atom stereocenters. The largest absolute Gasteiger partial charge is 0.481 e. The van der Waals surface area contributed by atoms with Crippen molar-refractivity contribution < 1.29 is 27.9 Å². The third kappa shape index (κ3) is 5.40. The number of carbonyl (C=O) groups is 2. The van der Waals surface area contributed by atoms with Crippen molar-refractivity contribution in [2.75, 3.05) is 0 Å². The van der Waals surface area contributed by atoms with Crippen LogP contribution < -0.4 is 9.46 Å². The number of hydrogen-bond donors (Lipinski definition) is 2. The maximum Gasteiger partial charge on any atom is 0.305 e. The molecule has 0 saturated heterocycles. The van der Waals surface area contributed by atoms with Crippen molar-refractivity contribution in [3.05, 3.63) is 53.6 Å². The van der Waals surface area contributed by atoms with Crippen LogP contribution in [0.5, 0.6) is 11.5 Å². The van der Waals surface area contributed by atoms with Gasteiger partial charge in [0.15, 0.2) is 0 Å². The fraction of sp³-hybridized carbons (Fsp3) is 0.300. The summed E-state index contributed by atoms with van der Waals surface area (Å²) in [6.45, 7) is 6.11. The predicted octanol–water partition coefficient (Wildman–Crippen LogP) is 3.23. The van der Waals surface area contributed by atoms with Crippen LogP contribution in [0.15, 0.2) is 47.4 Å². The smallest absolute Gasteiger partial charge is 0.305 e. The van der Waals surface area contributed by atoms with Gasteiger partial charge in [0.1, 0.15) is 22.7 Å². The van der Waals surface area contributed by atoms with E-state index in [1.54, 1.807) is 12.1 Å². The van der Waals surface area contributed by atoms with Crippen LogP contribution >= 0.6 is 0 Å². The van der Waals surface area contributed by atoms with Crippen LogP contribution in [0.4, 0.5) is 0 Å². The molecule has 7 nitrogen and oxygen atoms in total. The molecule has 1 atom stereocenters. The lowest BCUT2D eigenvalue weighted by Gasteiger charge is -2.16. The van der Waals surface area contributed by atoms with Crippen LogP contribution in [0.2, 0.25) is 0 Å². The number of carboxylic acids is 1. The van der Waals surface area contributed by atoms with Gasteiger partial charge in [0.2, 0.25) is 10.0 Å². The molecule has 0 aliphatic heterocycles. The molecular formula is C20H23NO6S. The minimum Gasteiger partial charge on any atom is -0.481 e. The zero-order chi connectivity index (χ0) is 20.9. The van der Waals surface area contributed by atoms with Crippen molar-refractivity contribution in [3.63, 3.8) is 0 Å². The van der Waals surface area contributed by atoms with E-state index in [0.717, 1.165) is 11.1 Å². The normalized spacial score (nSPS) is 12.6. The molecule has 0 radical (unpaired) electrons. The predicted molar refractivity (Wildman–Crippen MR) is 104 cm³/mol. The molecule has 0 spiro atoms. The molecule has 0 aliphatic rings. The van der Waals surface area contributed by atoms with Gasteiger partial charge in [-0.15, -0.1) is 0 Å². The number of aldehydes is 1. The van der Waals surface area contributed by atoms with Gasteiger partial charge in [-0.05, 0) is 48.2 Å². The molecular weight excluding hydrogens is 382 g/mol. The van der Waals surface area contributed by atoms with Gasteiger partial charge in [0.25, 0.3) is 0 Å². The van der Waals surface area contributed by atoms with Gasteiger partial charge in [-0.1, -0.05) is 32.0 Å². The summed E-state index contributed by atoms with van der Waals surface area (Å²) in [6, 6.07) is 10.1. The fourth-order valence-corrected chi connectivity index (χ4v) is 4.11. The minimum absolute atomic E-state index is 0.0756. The molecule has 0 aliphatic carbocycles. The molecule has 0 saturated carbocycles. The Bertz CT molecular complexity index is 968. The van der Waals surface area contributed by atoms with Crippen LogP contribution in [0.1, 0.15) is 37.3 Å². The van der Waals surface area contributed by atoms with Gasteiger partial charge in [-0.25, -0.2) is 13.1 Å². The summed E-state index contributed by atoms with van der Waals surface area (Å²) in [6.07, 6.45) is -0.398. The van der Waals surface area contributed by atoms with Crippen molar-refractivity contribution >= 4 is 22.3 Å². The zero-order valence-corrected chi connectivity index (χ0v) is 16.7. The number of aryl methyl sites for hydroxylation is 1. The van der Waals surface area contributed by atoms with Crippen LogP contribution in [-0.4, -0.2) is 31.8 Å². The molecule has 0 heterocycles. The molecule has 28 heavy (non-hydrogen) atoms. The third-order valence-corrected chi connectivity index (χ3v) is 5.62. The van der Waals surface area contributed by atoms with E-state index in [4.69, 9.17) is 9.84 Å². The molecule has 2 aromatic carbocycles. The second-order valence-corrected chi connectivity index (χ2v) is 8.37. The summed E-state index contributed by atoms with van der Waals surface area (Å²) < 4.78 is 33.2. The van der Waals surface area contributed by atoms with Crippen LogP contribution in [0.25, 0.3) is 0 Å². The Morgan fingerprint density at radius 1 is 1.21 bits per heavy atom. The molecule has 0 aromatic heterocycles. The first kappa shape index (κ1) is 21.6. The van der Waals surface area contributed by atoms with Crippen LogP contribution in [0, 0.1) is 6.92 Å². The van der Waals surface area contributed by atoms with E-state index in [1.807, 2.05) is 19.1 Å². The number of ether oxygens (including phenoxy) is 1. The Balaban J connectivity index is 2.33. The number of carbonyl (C=O) groups excluding carboxylic acids is 1. The van der Waals surface area contributed by atoms with Crippen LogP contribution in [0.3, 0.4) is 0 Å². The molecule has 2 rings (SSSR count). The van der Waals surface area contributed by atoms with Gasteiger partial charge in [0.05, 0.1) is 12.5 Å². The van der Waals surface area contributed by atoms with E-state index in [-0.39, 0.29) is 16.9 Å². The number of benzene rings is 2. The molecule has 0 fully saturated rings. The van der Waals surface area contributed by atoms with Gasteiger partial charge < -0.3 is 14.6 Å². The number of sulfonamides is 1. The lowest BCUT2D eigenvalue weighted by atomic mass is 9.98. The Morgan fingerprint density at radius 3 is 2.46 bits per heavy atom. The summed E-state index contributed by atoms with van der Waals surface area (Å²) in [4.78, 5) is 21.6. The molecule has 150 valence electrons. The zero-order valence-electron chi connectivity index (χ0n) is 15.9. The first-order valence-electron chi connectivity index (χ1n) is 8.71. The number of hydrogen-bond acceptors (Lipinski definition) is 5. The van der Waals surface area contributed by atoms with Crippen molar-refractivity contribution in [1.29, 1.82) is 0 Å². The highest BCUT2D eigenvalue weighted by Crippen LogP contribution is 2.31. The maximum atomic E-state index is 12.7. The van der Waals surface area contributed by atoms with E-state index in [1.165, 1.54) is 18.2 Å². The van der Waals surface area contributed by atoms with Crippen molar-refractivity contribution in [3.8, 4) is 11.5 Å². The average molecular weight is 405 g/mol. The van der Waals surface area contributed by atoms with E-state index < -0.39 is 28.5 Å². The first-order valence-corrected chi connectivity index (χ1v) is 10.2. The topological polar surface area (TPSA) is 110 Å². The fourth-order valence-electron chi connectivity index (χ4n) is 2.81. The second-order valence-electron chi connectivity index (χ2n) is 6.68. The number of rotatable bonds is 9. The lowest BCUT2D eigenvalue weighted by molar-refractivity contribution is -0.138. The summed E-state index contributed by atoms with van der Waals surface area (Å²) >= 11 is 0. The van der Waals surface area contributed by atoms with Crippen molar-refractivity contribution in [2.24, 2.45) is 0 Å². The van der Waals surface area contributed by atoms with E-state index >= 15 is 0 Å². The standard InChI is InChI=1S/C20H23NO6S/c1-13(2)17-9-8-16(10-14(17)3)27-18-6-4-5-7-19(18)28(25,26)21-15(12-22)11-20(23)24/h4-10,12-13,15,21H,11H2,1-3H3,(H,23,24). The van der Waals surface area contributed by atoms with E-state index in [9.17, 15) is 18.0 Å². The quantitative estimate of drug-likeness (QED) is 0.620. The summed E-state index contributed by atoms with van der Waals surface area (Å²) in [7, 11) is -4.17. The van der Waals surface area contributed by atoms with Gasteiger partial charge >= 0.3 is 5.97 Å². The summed E-state index contributed by atoms with van der Waals surface area (Å²) in [5.74, 6) is -0.390. The highest BCUT2D eigenvalue weighted by atomic mass is 32.2. The number of aliphatic carboxylic acids is 1. The number of nitrogens with one attached hydrogen (secondary N) is 1. The van der Waals surface area contributed by atoms with E-state index in [0.29, 0.717) is 11.7 Å². The maximum absolute atomic E-state index is 12.7. The second kappa shape index (κ2) is 8.99. The SMILES string of the molecule is Cc1cc(Oc2ccccc2S(=O)(=O)NC(C=O)CC(=O)O)ccc1C(C)C. The first-order chi connectivity index (χ1) is 13.1. The molecule has 0 amide bonds. The number of carboxylic acid groups (broad SMARTS) is 1. The summed E-state index contributed by atoms with van der Waals surface area (Å²) in [5.41, 5.74) is 2.19. The molecule has 8 heteroatoms. The van der Waals surface area contributed by atoms with Gasteiger partial charge in [-0.3, -0.25) is 4.79 Å². The minimum atomic E-state index is -4.17. The van der Waals surface area contributed by atoms with E-state index in [2.05, 4.69) is 18.6 Å². The highest BCUT2D eigenvalue weighted by molar-refractivity contribution is 7.89. The van der Waals surface area contributed by atoms with Crippen LogP contribution in [-0.2, 0) is 19.6 Å². The molecule has 0 bridgehead atoms. The Kier molecular flexibility index (Phi) is 6.93. The average Bonchev–Trinajstić information content (AvgIpc) is 2.60. The van der Waals surface area contributed by atoms with Gasteiger partial charge in [0, 0.05) is 0 Å². The van der Waals surface area contributed by atoms with Crippen molar-refractivity contribution in [1.82, 2.24) is 4.72 Å². The summed E-state index contributed by atoms with van der Waals surface area (Å²) in [5, 5.41) is 8.80. The third-order valence-electron chi connectivity index (χ3n) is 4.10. The van der Waals surface area contributed by atoms with Crippen molar-refractivity contribution in [2.45, 2.75) is 44.0 Å². The van der Waals surface area contributed by atoms with Gasteiger partial charge in [-0.2, -0.15) is 0 Å². The number of para-hydroxylation sites is 1. The molecule has 2 aromatic rings. The Hall–Kier alpha value is -2.71. The Morgan fingerprint density at radius 2 is 1.89 bits per heavy atom. The lowest BCUT2D eigenvalue weighted by Crippen LogP contribution is -2.37. The Labute approximate surface area is 164 Å². The monoisotopic (exact) mass is 405 g/mol. The molecule has 2 N–H and O–H groups in total.